The van der Waals surface area contributed by atoms with E-state index in [0.717, 1.165) is 4.31 Å². The molecular weight excluding hydrogens is 230 g/mol. The van der Waals surface area contributed by atoms with Gasteiger partial charge in [0.2, 0.25) is 0 Å². The summed E-state index contributed by atoms with van der Waals surface area (Å²) in [5.41, 5.74) is 0.150. The Labute approximate surface area is 92.7 Å². The molecule has 0 aromatic heterocycles. The molecule has 84 valence electrons. The molecule has 0 radical (unpaired) electrons. The zero-order chi connectivity index (χ0) is 11.9. The smallest absolute Gasteiger partial charge is 0.353 e. The Balaban J connectivity index is 2.77. The fourth-order valence-electron chi connectivity index (χ4n) is 1.55. The highest BCUT2D eigenvalue weighted by atomic mass is 32.2. The van der Waals surface area contributed by atoms with E-state index in [1.54, 1.807) is 18.2 Å². The van der Waals surface area contributed by atoms with E-state index in [1.165, 1.54) is 19.2 Å². The lowest BCUT2D eigenvalue weighted by molar-refractivity contribution is -0.133. The molecule has 1 aromatic carbocycles. The molecule has 0 atom stereocenters. The number of carboxylic acids is 1. The first kappa shape index (κ1) is 10.7. The van der Waals surface area contributed by atoms with Crippen molar-refractivity contribution in [3.63, 3.8) is 0 Å². The summed E-state index contributed by atoms with van der Waals surface area (Å²) in [6, 6.07) is 6.29. The van der Waals surface area contributed by atoms with Gasteiger partial charge < -0.3 is 5.11 Å². The van der Waals surface area contributed by atoms with Crippen molar-refractivity contribution in [3.8, 4) is 0 Å². The Hall–Kier alpha value is -1.82. The average molecular weight is 239 g/mol. The highest BCUT2D eigenvalue weighted by Gasteiger charge is 2.32. The summed E-state index contributed by atoms with van der Waals surface area (Å²) < 4.78 is 24.7. The van der Waals surface area contributed by atoms with Gasteiger partial charge in [-0.2, -0.15) is 0 Å². The first-order valence-electron chi connectivity index (χ1n) is 4.47. The van der Waals surface area contributed by atoms with Gasteiger partial charge in [0, 0.05) is 7.05 Å². The van der Waals surface area contributed by atoms with Gasteiger partial charge in [0.25, 0.3) is 10.0 Å². The average Bonchev–Trinajstić information content (AvgIpc) is 2.23. The van der Waals surface area contributed by atoms with Crippen LogP contribution in [-0.2, 0) is 14.8 Å². The maximum Gasteiger partial charge on any atom is 0.353 e. The third-order valence-corrected chi connectivity index (χ3v) is 4.25. The van der Waals surface area contributed by atoms with Crippen LogP contribution in [0.5, 0.6) is 0 Å². The van der Waals surface area contributed by atoms with Gasteiger partial charge in [0.1, 0.15) is 5.70 Å². The third-order valence-electron chi connectivity index (χ3n) is 2.41. The van der Waals surface area contributed by atoms with Crippen molar-refractivity contribution in [2.75, 3.05) is 7.05 Å². The Bertz CT molecular complexity index is 589. The zero-order valence-electron chi connectivity index (χ0n) is 8.41. The fourth-order valence-corrected chi connectivity index (χ4v) is 2.91. The van der Waals surface area contributed by atoms with Gasteiger partial charge in [-0.1, -0.05) is 18.2 Å². The number of fused-ring (bicyclic) bond motifs is 1. The Morgan fingerprint density at radius 1 is 1.31 bits per heavy atom. The molecule has 0 spiro atoms. The van der Waals surface area contributed by atoms with Crippen molar-refractivity contribution in [1.29, 1.82) is 0 Å². The molecule has 1 N–H and O–H groups in total. The molecule has 1 aliphatic rings. The van der Waals surface area contributed by atoms with Crippen molar-refractivity contribution in [2.45, 2.75) is 4.90 Å². The number of likely N-dealkylation sites (N-methyl/N-ethyl adjacent to an activating group) is 1. The number of aliphatic carboxylic acids is 1. The van der Waals surface area contributed by atoms with E-state index in [4.69, 9.17) is 5.11 Å². The predicted octanol–water partition coefficient (Wildman–Crippen LogP) is 0.746. The highest BCUT2D eigenvalue weighted by molar-refractivity contribution is 7.89. The molecule has 1 aromatic rings. The van der Waals surface area contributed by atoms with Crippen molar-refractivity contribution >= 4 is 22.1 Å². The number of hydrogen-bond acceptors (Lipinski definition) is 3. The van der Waals surface area contributed by atoms with Gasteiger partial charge in [-0.15, -0.1) is 0 Å². The summed E-state index contributed by atoms with van der Waals surface area (Å²) in [6.07, 6.45) is 1.35. The number of sulfonamides is 1. The number of hydrogen-bond donors (Lipinski definition) is 1. The van der Waals surface area contributed by atoms with Crippen LogP contribution < -0.4 is 0 Å². The summed E-state index contributed by atoms with van der Waals surface area (Å²) in [4.78, 5) is 11.0. The van der Waals surface area contributed by atoms with E-state index in [1.807, 2.05) is 0 Å². The van der Waals surface area contributed by atoms with Crippen LogP contribution >= 0.6 is 0 Å². The van der Waals surface area contributed by atoms with Crippen LogP contribution in [0.3, 0.4) is 0 Å². The normalized spacial score (nSPS) is 17.6. The Kier molecular flexibility index (Phi) is 2.23. The van der Waals surface area contributed by atoms with Crippen LogP contribution in [-0.4, -0.2) is 30.8 Å². The van der Waals surface area contributed by atoms with Crippen LogP contribution in [0.15, 0.2) is 34.9 Å². The molecule has 0 saturated carbocycles. The maximum absolute atomic E-state index is 11.9. The monoisotopic (exact) mass is 239 g/mol. The number of carboxylic acid groups (broad SMARTS) is 1. The molecule has 0 saturated heterocycles. The maximum atomic E-state index is 11.9. The Morgan fingerprint density at radius 3 is 2.56 bits per heavy atom. The van der Waals surface area contributed by atoms with Crippen LogP contribution in [0.1, 0.15) is 5.56 Å². The standard InChI is InChI=1S/C10H9NO4S/c1-11-8(10(12)13)6-7-4-2-3-5-9(7)16(11,14)15/h2-6H,1H3,(H,12,13). The van der Waals surface area contributed by atoms with Gasteiger partial charge in [-0.25, -0.2) is 13.2 Å². The van der Waals surface area contributed by atoms with Crippen LogP contribution in [0.4, 0.5) is 0 Å². The zero-order valence-corrected chi connectivity index (χ0v) is 9.23. The second-order valence-electron chi connectivity index (χ2n) is 3.35. The SMILES string of the molecule is CN1C(C(=O)O)=Cc2ccccc2S1(=O)=O. The minimum Gasteiger partial charge on any atom is -0.477 e. The van der Waals surface area contributed by atoms with E-state index in [2.05, 4.69) is 0 Å². The molecule has 0 unspecified atom stereocenters. The van der Waals surface area contributed by atoms with Crippen molar-refractivity contribution in [2.24, 2.45) is 0 Å². The second-order valence-corrected chi connectivity index (χ2v) is 5.28. The molecule has 0 aliphatic carbocycles. The van der Waals surface area contributed by atoms with Gasteiger partial charge in [-0.3, -0.25) is 4.31 Å². The first-order valence-corrected chi connectivity index (χ1v) is 5.91. The number of benzene rings is 1. The lowest BCUT2D eigenvalue weighted by Gasteiger charge is -2.25. The summed E-state index contributed by atoms with van der Waals surface area (Å²) >= 11 is 0. The molecule has 16 heavy (non-hydrogen) atoms. The van der Waals surface area contributed by atoms with Crippen molar-refractivity contribution < 1.29 is 18.3 Å². The Morgan fingerprint density at radius 2 is 1.94 bits per heavy atom. The van der Waals surface area contributed by atoms with E-state index in [9.17, 15) is 13.2 Å². The molecule has 2 rings (SSSR count). The van der Waals surface area contributed by atoms with Gasteiger partial charge in [-0.05, 0) is 17.7 Å². The van der Waals surface area contributed by atoms with Gasteiger partial charge in [0.05, 0.1) is 4.90 Å². The largest absolute Gasteiger partial charge is 0.477 e. The molecule has 0 bridgehead atoms. The number of nitrogens with zero attached hydrogens (tertiary/aromatic N) is 1. The first-order chi connectivity index (χ1) is 7.44. The molecule has 0 amide bonds. The molecule has 1 heterocycles. The summed E-state index contributed by atoms with van der Waals surface area (Å²) in [5, 5.41) is 8.89. The molecule has 0 fully saturated rings. The molecular formula is C10H9NO4S. The topological polar surface area (TPSA) is 74.7 Å². The predicted molar refractivity (Wildman–Crippen MR) is 57.0 cm³/mol. The fraction of sp³-hybridized carbons (Fsp3) is 0.100. The second kappa shape index (κ2) is 3.34. The minimum absolute atomic E-state index is 0.127. The molecule has 6 heteroatoms. The molecule has 5 nitrogen and oxygen atoms in total. The summed E-state index contributed by atoms with van der Waals surface area (Å²) in [7, 11) is -2.50. The van der Waals surface area contributed by atoms with Crippen LogP contribution in [0, 0.1) is 0 Å². The van der Waals surface area contributed by atoms with E-state index in [0.29, 0.717) is 5.56 Å². The summed E-state index contributed by atoms with van der Waals surface area (Å²) in [6.45, 7) is 0. The lowest BCUT2D eigenvalue weighted by Crippen LogP contribution is -2.33. The van der Waals surface area contributed by atoms with E-state index in [-0.39, 0.29) is 10.6 Å². The highest BCUT2D eigenvalue weighted by Crippen LogP contribution is 2.29. The lowest BCUT2D eigenvalue weighted by atomic mass is 10.2. The van der Waals surface area contributed by atoms with E-state index < -0.39 is 16.0 Å². The number of rotatable bonds is 1. The third kappa shape index (κ3) is 1.38. The van der Waals surface area contributed by atoms with Crippen LogP contribution in [0.2, 0.25) is 0 Å². The molecule has 1 aliphatic heterocycles. The van der Waals surface area contributed by atoms with E-state index >= 15 is 0 Å². The van der Waals surface area contributed by atoms with Crippen LogP contribution in [0.25, 0.3) is 6.08 Å². The van der Waals surface area contributed by atoms with Crippen molar-refractivity contribution in [3.05, 3.63) is 35.5 Å². The van der Waals surface area contributed by atoms with Gasteiger partial charge in [0.15, 0.2) is 0 Å². The summed E-state index contributed by atoms with van der Waals surface area (Å²) in [5.74, 6) is -1.26. The quantitative estimate of drug-likeness (QED) is 0.784. The van der Waals surface area contributed by atoms with Crippen molar-refractivity contribution in [1.82, 2.24) is 4.31 Å². The number of carbonyl (C=O) groups is 1. The van der Waals surface area contributed by atoms with Gasteiger partial charge >= 0.3 is 5.97 Å². The minimum atomic E-state index is -3.73.